The van der Waals surface area contributed by atoms with Crippen LogP contribution < -0.4 is 20.6 Å². The summed E-state index contributed by atoms with van der Waals surface area (Å²) in [5, 5.41) is 38.1. The quantitative estimate of drug-likeness (QED) is 0.271. The molecule has 2 heterocycles. The highest BCUT2D eigenvalue weighted by Gasteiger charge is 2.13. The third-order valence-electron chi connectivity index (χ3n) is 5.85. The molecule has 10 heteroatoms. The molecule has 198 valence electrons. The molecule has 2 aromatic carbocycles. The molecule has 37 heavy (non-hydrogen) atoms. The van der Waals surface area contributed by atoms with Crippen LogP contribution in [-0.4, -0.2) is 62.8 Å². The van der Waals surface area contributed by atoms with Gasteiger partial charge in [-0.25, -0.2) is 0 Å². The van der Waals surface area contributed by atoms with Crippen LogP contribution in [0, 0.1) is 13.8 Å². The van der Waals surface area contributed by atoms with Gasteiger partial charge in [0, 0.05) is 22.9 Å². The first-order valence-corrected chi connectivity index (χ1v) is 11.6. The van der Waals surface area contributed by atoms with E-state index in [0.717, 1.165) is 21.9 Å². The summed E-state index contributed by atoms with van der Waals surface area (Å²) in [6.45, 7) is 3.34. The van der Waals surface area contributed by atoms with Crippen molar-refractivity contribution in [2.75, 3.05) is 20.8 Å². The monoisotopic (exact) mass is 512 g/mol. The van der Waals surface area contributed by atoms with Gasteiger partial charge in [-0.1, -0.05) is 12.1 Å². The first-order valence-electron chi connectivity index (χ1n) is 11.6. The zero-order valence-corrected chi connectivity index (χ0v) is 21.2. The fourth-order valence-electron chi connectivity index (χ4n) is 4.07. The largest absolute Gasteiger partial charge is 0.496 e. The molecule has 10 nitrogen and oxygen atoms in total. The predicted molar refractivity (Wildman–Crippen MR) is 140 cm³/mol. The molecule has 1 unspecified atom stereocenters. The average molecular weight is 513 g/mol. The minimum atomic E-state index is -1.57. The first kappa shape index (κ1) is 27.9. The van der Waals surface area contributed by atoms with Gasteiger partial charge in [0.1, 0.15) is 11.5 Å². The molecule has 4 N–H and O–H groups in total. The molecule has 0 radical (unpaired) electrons. The van der Waals surface area contributed by atoms with Crippen molar-refractivity contribution in [2.24, 2.45) is 0 Å². The number of methoxy groups -OCH3 is 2. The van der Waals surface area contributed by atoms with Crippen molar-refractivity contribution in [3.63, 3.8) is 0 Å². The Bertz CT molecular complexity index is 1510. The fraction of sp³-hybridized carbons (Fsp3) is 0.333. The van der Waals surface area contributed by atoms with Crippen molar-refractivity contribution in [1.82, 2.24) is 9.13 Å². The number of aliphatic hydroxyl groups is 4. The van der Waals surface area contributed by atoms with Gasteiger partial charge >= 0.3 is 0 Å². The smallest absolute Gasteiger partial charge is 0.254 e. The molecule has 4 aromatic rings. The zero-order chi connectivity index (χ0) is 27.3. The van der Waals surface area contributed by atoms with E-state index >= 15 is 0 Å². The second kappa shape index (κ2) is 12.0. The molecule has 1 atom stereocenters. The number of fused-ring (bicyclic) bond motifs is 2. The molecule has 0 spiro atoms. The zero-order valence-electron chi connectivity index (χ0n) is 21.2. The molecule has 0 aliphatic heterocycles. The van der Waals surface area contributed by atoms with E-state index in [1.807, 2.05) is 50.2 Å². The van der Waals surface area contributed by atoms with Gasteiger partial charge in [0.15, 0.2) is 6.29 Å². The normalized spacial score (nSPS) is 11.9. The van der Waals surface area contributed by atoms with Crippen LogP contribution in [0.4, 0.5) is 0 Å². The van der Waals surface area contributed by atoms with E-state index in [1.165, 1.54) is 35.5 Å². The number of hydrogen-bond acceptors (Lipinski definition) is 8. The molecule has 0 saturated heterocycles. The molecule has 0 aliphatic carbocycles. The number of rotatable bonds is 7. The lowest BCUT2D eigenvalue weighted by Gasteiger charge is -2.15. The molecule has 0 saturated carbocycles. The summed E-state index contributed by atoms with van der Waals surface area (Å²) in [7, 11) is 3.01. The first-order chi connectivity index (χ1) is 17.6. The molecule has 0 aliphatic rings. The molecule has 0 fully saturated rings. The van der Waals surface area contributed by atoms with Crippen LogP contribution in [0.15, 0.2) is 58.1 Å². The lowest BCUT2D eigenvalue weighted by molar-refractivity contribution is -0.0511. The number of nitrogens with zero attached hydrogens (tertiary/aromatic N) is 2. The van der Waals surface area contributed by atoms with E-state index in [9.17, 15) is 14.7 Å². The van der Waals surface area contributed by atoms with E-state index in [1.54, 1.807) is 0 Å². The molecular weight excluding hydrogens is 480 g/mol. The highest BCUT2D eigenvalue weighted by molar-refractivity contribution is 5.86. The lowest BCUT2D eigenvalue weighted by Crippen LogP contribution is -2.28. The Labute approximate surface area is 213 Å². The van der Waals surface area contributed by atoms with Crippen molar-refractivity contribution in [3.8, 4) is 11.5 Å². The lowest BCUT2D eigenvalue weighted by atomic mass is 10.1. The molecular formula is C27H32N2O8. The standard InChI is InChI=1S/C14H17NO4.C13H15NO4/c1-9-3-4-11-12(5-9)15(7-10(17)8-16)14(18)6-13(11)19-2;1-8-3-4-9-10(5-8)14(7-13(16)17)12(15)6-11(9)18-2/h3-6,10,16-17H,7-8H2,1-2H3;3-6,13,16-17H,7H2,1-2H3. The Balaban J connectivity index is 0.000000206. The highest BCUT2D eigenvalue weighted by Crippen LogP contribution is 2.25. The maximum Gasteiger partial charge on any atom is 0.254 e. The van der Waals surface area contributed by atoms with Crippen LogP contribution in [0.25, 0.3) is 21.8 Å². The van der Waals surface area contributed by atoms with Crippen LogP contribution in [0.2, 0.25) is 0 Å². The molecule has 0 amide bonds. The Morgan fingerprint density at radius 1 is 0.730 bits per heavy atom. The van der Waals surface area contributed by atoms with Crippen LogP contribution >= 0.6 is 0 Å². The van der Waals surface area contributed by atoms with E-state index < -0.39 is 12.4 Å². The summed E-state index contributed by atoms with van der Waals surface area (Å²) in [5.74, 6) is 0.994. The fourth-order valence-corrected chi connectivity index (χ4v) is 4.07. The van der Waals surface area contributed by atoms with E-state index in [0.29, 0.717) is 22.5 Å². The van der Waals surface area contributed by atoms with Gasteiger partial charge in [0.2, 0.25) is 0 Å². The van der Waals surface area contributed by atoms with E-state index in [-0.39, 0.29) is 30.8 Å². The number of aromatic nitrogens is 2. The third kappa shape index (κ3) is 6.36. The number of aliphatic hydroxyl groups excluding tert-OH is 3. The number of aryl methyl sites for hydroxylation is 2. The van der Waals surface area contributed by atoms with Crippen LogP contribution in [0.1, 0.15) is 11.1 Å². The summed E-state index contributed by atoms with van der Waals surface area (Å²) < 4.78 is 13.2. The van der Waals surface area contributed by atoms with Crippen molar-refractivity contribution in [1.29, 1.82) is 0 Å². The van der Waals surface area contributed by atoms with Crippen LogP contribution in [-0.2, 0) is 13.1 Å². The van der Waals surface area contributed by atoms with E-state index in [4.69, 9.17) is 24.8 Å². The number of pyridine rings is 2. The summed E-state index contributed by atoms with van der Waals surface area (Å²) in [5.41, 5.74) is 2.73. The molecule has 4 rings (SSSR count). The average Bonchev–Trinajstić information content (AvgIpc) is 2.87. The van der Waals surface area contributed by atoms with Gasteiger partial charge in [0.25, 0.3) is 11.1 Å². The maximum absolute atomic E-state index is 12.1. The van der Waals surface area contributed by atoms with Crippen LogP contribution in [0.5, 0.6) is 11.5 Å². The summed E-state index contributed by atoms with van der Waals surface area (Å²) in [6, 6.07) is 14.0. The second-order valence-electron chi connectivity index (χ2n) is 8.68. The Morgan fingerprint density at radius 3 is 1.54 bits per heavy atom. The van der Waals surface area contributed by atoms with Crippen molar-refractivity contribution in [3.05, 3.63) is 80.4 Å². The number of hydrogen-bond donors (Lipinski definition) is 4. The van der Waals surface area contributed by atoms with Gasteiger partial charge in [-0.15, -0.1) is 0 Å². The van der Waals surface area contributed by atoms with Gasteiger partial charge in [0.05, 0.1) is 51.1 Å². The van der Waals surface area contributed by atoms with Gasteiger partial charge in [-0.2, -0.15) is 0 Å². The SMILES string of the molecule is COc1cc(=O)n(CC(O)CO)c2cc(C)ccc12.COc1cc(=O)n(CC(O)O)c2cc(C)ccc12. The second-order valence-corrected chi connectivity index (χ2v) is 8.68. The van der Waals surface area contributed by atoms with E-state index in [2.05, 4.69) is 0 Å². The Kier molecular flexibility index (Phi) is 9.06. The van der Waals surface area contributed by atoms with Gasteiger partial charge in [-0.05, 0) is 49.2 Å². The minimum Gasteiger partial charge on any atom is -0.496 e. The van der Waals surface area contributed by atoms with Crippen molar-refractivity contribution >= 4 is 21.8 Å². The number of ether oxygens (including phenoxy) is 2. The van der Waals surface area contributed by atoms with Gasteiger partial charge < -0.3 is 39.0 Å². The summed E-state index contributed by atoms with van der Waals surface area (Å²) >= 11 is 0. The highest BCUT2D eigenvalue weighted by atomic mass is 16.5. The third-order valence-corrected chi connectivity index (χ3v) is 5.85. The Morgan fingerprint density at radius 2 is 1.16 bits per heavy atom. The molecule has 2 aromatic heterocycles. The van der Waals surface area contributed by atoms with Crippen LogP contribution in [0.3, 0.4) is 0 Å². The predicted octanol–water partition coefficient (Wildman–Crippen LogP) is 1.30. The minimum absolute atomic E-state index is 0.0548. The van der Waals surface area contributed by atoms with Gasteiger partial charge in [-0.3, -0.25) is 9.59 Å². The molecule has 0 bridgehead atoms. The van der Waals surface area contributed by atoms with Crippen molar-refractivity contribution < 1.29 is 29.9 Å². The summed E-state index contributed by atoms with van der Waals surface area (Å²) in [6.07, 6.45) is -2.53. The maximum atomic E-state index is 12.1. The summed E-state index contributed by atoms with van der Waals surface area (Å²) in [4.78, 5) is 24.0. The Hall–Kier alpha value is -3.70. The number of benzene rings is 2. The topological polar surface area (TPSA) is 143 Å². The van der Waals surface area contributed by atoms with Crippen molar-refractivity contribution in [2.45, 2.75) is 39.3 Å².